The first-order valence-electron chi connectivity index (χ1n) is 5.63. The Labute approximate surface area is 113 Å². The summed E-state index contributed by atoms with van der Waals surface area (Å²) in [7, 11) is -2.54. The van der Waals surface area contributed by atoms with Crippen LogP contribution in [0.15, 0.2) is 35.7 Å². The second-order valence-corrected chi connectivity index (χ2v) is 6.44. The number of benzene rings is 1. The molecule has 0 atom stereocenters. The highest BCUT2D eigenvalue weighted by Crippen LogP contribution is 2.18. The minimum Gasteiger partial charge on any atom is -0.480 e. The van der Waals surface area contributed by atoms with E-state index < -0.39 is 21.5 Å². The maximum absolute atomic E-state index is 12.0. The lowest BCUT2D eigenvalue weighted by atomic mass is 10.1. The maximum atomic E-state index is 12.0. The summed E-state index contributed by atoms with van der Waals surface area (Å²) in [6.07, 6.45) is 1.43. The SMILES string of the molecule is CN(C(C)(C)C(=O)O)S(=O)(=O)C=Cc1ccccc1. The van der Waals surface area contributed by atoms with Gasteiger partial charge in [0.05, 0.1) is 0 Å². The van der Waals surface area contributed by atoms with E-state index in [0.29, 0.717) is 0 Å². The average molecular weight is 283 g/mol. The fourth-order valence-corrected chi connectivity index (χ4v) is 2.50. The van der Waals surface area contributed by atoms with Crippen molar-refractivity contribution in [3.05, 3.63) is 41.3 Å². The molecule has 1 aromatic carbocycles. The van der Waals surface area contributed by atoms with Crippen LogP contribution < -0.4 is 0 Å². The molecule has 0 aliphatic heterocycles. The molecule has 0 heterocycles. The number of aliphatic carboxylic acids is 1. The van der Waals surface area contributed by atoms with E-state index in [1.807, 2.05) is 6.07 Å². The molecule has 104 valence electrons. The molecule has 0 aliphatic carbocycles. The number of rotatable bonds is 5. The first-order chi connectivity index (χ1) is 8.68. The Morgan fingerprint density at radius 1 is 1.26 bits per heavy atom. The maximum Gasteiger partial charge on any atom is 0.324 e. The highest BCUT2D eigenvalue weighted by molar-refractivity contribution is 7.92. The number of carboxylic acids is 1. The van der Waals surface area contributed by atoms with Crippen molar-refractivity contribution in [1.82, 2.24) is 4.31 Å². The number of hydrogen-bond donors (Lipinski definition) is 1. The topological polar surface area (TPSA) is 74.7 Å². The van der Waals surface area contributed by atoms with Crippen LogP contribution in [0.2, 0.25) is 0 Å². The quantitative estimate of drug-likeness (QED) is 0.894. The first-order valence-corrected chi connectivity index (χ1v) is 7.14. The van der Waals surface area contributed by atoms with E-state index in [1.165, 1.54) is 27.0 Å². The molecule has 0 fully saturated rings. The van der Waals surface area contributed by atoms with E-state index in [-0.39, 0.29) is 0 Å². The fourth-order valence-electron chi connectivity index (χ4n) is 1.27. The zero-order valence-corrected chi connectivity index (χ0v) is 11.9. The van der Waals surface area contributed by atoms with Crippen molar-refractivity contribution in [1.29, 1.82) is 0 Å². The highest BCUT2D eigenvalue weighted by Gasteiger charge is 2.38. The number of sulfonamides is 1. The molecule has 0 spiro atoms. The lowest BCUT2D eigenvalue weighted by molar-refractivity contribution is -0.145. The van der Waals surface area contributed by atoms with E-state index in [9.17, 15) is 13.2 Å². The lowest BCUT2D eigenvalue weighted by Crippen LogP contribution is -2.49. The predicted molar refractivity (Wildman–Crippen MR) is 73.9 cm³/mol. The molecule has 0 bridgehead atoms. The van der Waals surface area contributed by atoms with Crippen LogP contribution in [0.4, 0.5) is 0 Å². The Balaban J connectivity index is 3.00. The Bertz CT molecular complexity index is 576. The Hall–Kier alpha value is -1.66. The van der Waals surface area contributed by atoms with E-state index >= 15 is 0 Å². The van der Waals surface area contributed by atoms with Gasteiger partial charge in [0.15, 0.2) is 0 Å². The molecule has 0 amide bonds. The molecule has 0 saturated carbocycles. The summed E-state index contributed by atoms with van der Waals surface area (Å²) >= 11 is 0. The van der Waals surface area contributed by atoms with Gasteiger partial charge in [0.2, 0.25) is 10.0 Å². The fraction of sp³-hybridized carbons (Fsp3) is 0.308. The van der Waals surface area contributed by atoms with Gasteiger partial charge in [-0.3, -0.25) is 4.79 Å². The third-order valence-electron chi connectivity index (χ3n) is 2.92. The summed E-state index contributed by atoms with van der Waals surface area (Å²) in [5, 5.41) is 10.0. The largest absolute Gasteiger partial charge is 0.480 e. The number of carboxylic acid groups (broad SMARTS) is 1. The minimum atomic E-state index is -3.79. The van der Waals surface area contributed by atoms with Gasteiger partial charge in [-0.25, -0.2) is 8.42 Å². The van der Waals surface area contributed by atoms with Crippen molar-refractivity contribution in [3.63, 3.8) is 0 Å². The zero-order chi connectivity index (χ0) is 14.7. The Morgan fingerprint density at radius 3 is 2.26 bits per heavy atom. The van der Waals surface area contributed by atoms with Crippen molar-refractivity contribution < 1.29 is 18.3 Å². The van der Waals surface area contributed by atoms with E-state index in [0.717, 1.165) is 15.3 Å². The molecule has 1 rings (SSSR count). The summed E-state index contributed by atoms with van der Waals surface area (Å²) in [6.45, 7) is 2.67. The predicted octanol–water partition coefficient (Wildman–Crippen LogP) is 1.78. The van der Waals surface area contributed by atoms with Gasteiger partial charge in [-0.2, -0.15) is 4.31 Å². The van der Waals surface area contributed by atoms with E-state index in [4.69, 9.17) is 5.11 Å². The van der Waals surface area contributed by atoms with Crippen molar-refractivity contribution >= 4 is 22.1 Å². The van der Waals surface area contributed by atoms with Crippen LogP contribution in [0.5, 0.6) is 0 Å². The molecule has 0 aromatic heterocycles. The van der Waals surface area contributed by atoms with Crippen LogP contribution in [0.3, 0.4) is 0 Å². The Morgan fingerprint density at radius 2 is 1.79 bits per heavy atom. The molecular formula is C13H17NO4S. The van der Waals surface area contributed by atoms with Crippen molar-refractivity contribution in [3.8, 4) is 0 Å². The summed E-state index contributed by atoms with van der Waals surface area (Å²) in [6, 6.07) is 8.92. The first kappa shape index (κ1) is 15.4. The van der Waals surface area contributed by atoms with Crippen LogP contribution in [0, 0.1) is 0 Å². The number of nitrogens with zero attached hydrogens (tertiary/aromatic N) is 1. The molecular weight excluding hydrogens is 266 g/mol. The van der Waals surface area contributed by atoms with Gasteiger partial charge in [0.25, 0.3) is 0 Å². The monoisotopic (exact) mass is 283 g/mol. The normalized spacial score (nSPS) is 13.1. The molecule has 1 aromatic rings. The third kappa shape index (κ3) is 3.65. The Kier molecular flexibility index (Phi) is 4.49. The van der Waals surface area contributed by atoms with Gasteiger partial charge in [0.1, 0.15) is 5.54 Å². The van der Waals surface area contributed by atoms with E-state index in [1.54, 1.807) is 24.3 Å². The van der Waals surface area contributed by atoms with E-state index in [2.05, 4.69) is 0 Å². The van der Waals surface area contributed by atoms with Gasteiger partial charge in [-0.15, -0.1) is 0 Å². The lowest BCUT2D eigenvalue weighted by Gasteiger charge is -2.29. The summed E-state index contributed by atoms with van der Waals surface area (Å²) in [4.78, 5) is 11.1. The van der Waals surface area contributed by atoms with Crippen LogP contribution in [0.25, 0.3) is 6.08 Å². The van der Waals surface area contributed by atoms with Gasteiger partial charge in [-0.1, -0.05) is 30.3 Å². The molecule has 6 heteroatoms. The van der Waals surface area contributed by atoms with Crippen LogP contribution >= 0.6 is 0 Å². The van der Waals surface area contributed by atoms with Crippen LogP contribution in [-0.2, 0) is 14.8 Å². The molecule has 1 N–H and O–H groups in total. The minimum absolute atomic E-state index is 0.729. The molecule has 0 radical (unpaired) electrons. The average Bonchev–Trinajstić information content (AvgIpc) is 2.36. The third-order valence-corrected chi connectivity index (χ3v) is 4.62. The van der Waals surface area contributed by atoms with Gasteiger partial charge < -0.3 is 5.11 Å². The highest BCUT2D eigenvalue weighted by atomic mass is 32.2. The summed E-state index contributed by atoms with van der Waals surface area (Å²) in [5.74, 6) is -1.20. The molecule has 19 heavy (non-hydrogen) atoms. The van der Waals surface area contributed by atoms with Crippen molar-refractivity contribution in [2.24, 2.45) is 0 Å². The molecule has 0 unspecified atom stereocenters. The number of carbonyl (C=O) groups is 1. The molecule has 5 nitrogen and oxygen atoms in total. The molecule has 0 saturated heterocycles. The summed E-state index contributed by atoms with van der Waals surface area (Å²) in [5.41, 5.74) is -0.771. The zero-order valence-electron chi connectivity index (χ0n) is 11.1. The van der Waals surface area contributed by atoms with Crippen molar-refractivity contribution in [2.75, 3.05) is 7.05 Å². The second-order valence-electron chi connectivity index (χ2n) is 4.59. The van der Waals surface area contributed by atoms with Crippen LogP contribution in [0.1, 0.15) is 19.4 Å². The molecule has 0 aliphatic rings. The van der Waals surface area contributed by atoms with Gasteiger partial charge >= 0.3 is 5.97 Å². The van der Waals surface area contributed by atoms with Crippen molar-refractivity contribution in [2.45, 2.75) is 19.4 Å². The summed E-state index contributed by atoms with van der Waals surface area (Å²) < 4.78 is 24.9. The number of hydrogen-bond acceptors (Lipinski definition) is 3. The number of likely N-dealkylation sites (N-methyl/N-ethyl adjacent to an activating group) is 1. The smallest absolute Gasteiger partial charge is 0.324 e. The standard InChI is InChI=1S/C13H17NO4S/c1-13(2,12(15)16)14(3)19(17,18)10-9-11-7-5-4-6-8-11/h4-10H,1-3H3,(H,15,16). The second kappa shape index (κ2) is 5.54. The van der Waals surface area contributed by atoms with Gasteiger partial charge in [0, 0.05) is 12.5 Å². The van der Waals surface area contributed by atoms with Crippen LogP contribution in [-0.4, -0.2) is 36.4 Å². The van der Waals surface area contributed by atoms with Gasteiger partial charge in [-0.05, 0) is 25.5 Å².